The summed E-state index contributed by atoms with van der Waals surface area (Å²) in [5.41, 5.74) is 1.06. The molecule has 1 atom stereocenters. The first-order valence-corrected chi connectivity index (χ1v) is 5.57. The molecule has 0 amide bonds. The zero-order chi connectivity index (χ0) is 10.6. The van der Waals surface area contributed by atoms with E-state index in [1.54, 1.807) is 0 Å². The van der Waals surface area contributed by atoms with Crippen LogP contribution in [0.25, 0.3) is 0 Å². The largest absolute Gasteiger partial charge is 0.395 e. The first kappa shape index (κ1) is 11.6. The second kappa shape index (κ2) is 5.38. The number of hydrogen-bond acceptors (Lipinski definition) is 5. The maximum Gasteiger partial charge on any atom is 0.0826 e. The molecule has 0 saturated heterocycles. The van der Waals surface area contributed by atoms with Crippen molar-refractivity contribution in [2.75, 3.05) is 6.61 Å². The van der Waals surface area contributed by atoms with E-state index in [4.69, 9.17) is 5.11 Å². The maximum atomic E-state index is 8.85. The van der Waals surface area contributed by atoms with Gasteiger partial charge in [-0.3, -0.25) is 0 Å². The van der Waals surface area contributed by atoms with Gasteiger partial charge < -0.3 is 10.4 Å². The van der Waals surface area contributed by atoms with E-state index in [-0.39, 0.29) is 12.6 Å². The normalized spacial score (nSPS) is 13.5. The fourth-order valence-corrected chi connectivity index (χ4v) is 1.85. The first-order valence-electron chi connectivity index (χ1n) is 4.80. The van der Waals surface area contributed by atoms with Crippen molar-refractivity contribution in [1.29, 1.82) is 0 Å². The van der Waals surface area contributed by atoms with Crippen LogP contribution in [0.2, 0.25) is 0 Å². The molecular weight excluding hydrogens is 198 g/mol. The Morgan fingerprint density at radius 2 is 2.14 bits per heavy atom. The van der Waals surface area contributed by atoms with E-state index in [2.05, 4.69) is 28.8 Å². The zero-order valence-electron chi connectivity index (χ0n) is 8.82. The van der Waals surface area contributed by atoms with Crippen molar-refractivity contribution >= 4 is 11.5 Å². The average molecular weight is 215 g/mol. The molecule has 0 saturated carbocycles. The van der Waals surface area contributed by atoms with Crippen LogP contribution in [0.5, 0.6) is 0 Å². The minimum Gasteiger partial charge on any atom is -0.395 e. The first-order chi connectivity index (χ1) is 6.65. The summed E-state index contributed by atoms with van der Waals surface area (Å²) in [5, 5.41) is 16.1. The molecule has 0 aliphatic rings. The highest BCUT2D eigenvalue weighted by Crippen LogP contribution is 2.19. The second-order valence-electron chi connectivity index (χ2n) is 3.70. The van der Waals surface area contributed by atoms with Crippen molar-refractivity contribution in [2.24, 2.45) is 0 Å². The summed E-state index contributed by atoms with van der Waals surface area (Å²) < 4.78 is 3.94. The van der Waals surface area contributed by atoms with E-state index in [1.807, 2.05) is 6.92 Å². The van der Waals surface area contributed by atoms with Crippen LogP contribution < -0.4 is 5.32 Å². The summed E-state index contributed by atoms with van der Waals surface area (Å²) in [7, 11) is 0. The highest BCUT2D eigenvalue weighted by atomic mass is 32.1. The Morgan fingerprint density at radius 3 is 2.71 bits per heavy atom. The van der Waals surface area contributed by atoms with Crippen LogP contribution in [0.15, 0.2) is 0 Å². The molecule has 1 rings (SSSR count). The number of nitrogens with zero attached hydrogens (tertiary/aromatic N) is 2. The molecular formula is C9H17N3OS. The summed E-state index contributed by atoms with van der Waals surface area (Å²) >= 11 is 1.43. The van der Waals surface area contributed by atoms with Crippen LogP contribution in [0.3, 0.4) is 0 Å². The Hall–Kier alpha value is -0.520. The third kappa shape index (κ3) is 3.01. The Balaban J connectivity index is 2.54. The van der Waals surface area contributed by atoms with Crippen molar-refractivity contribution in [3.05, 3.63) is 10.6 Å². The Labute approximate surface area is 88.5 Å². The van der Waals surface area contributed by atoms with Crippen LogP contribution >= 0.6 is 11.5 Å². The number of aliphatic hydroxyl groups excluding tert-OH is 1. The Bertz CT molecular complexity index is 275. The van der Waals surface area contributed by atoms with Gasteiger partial charge in [-0.15, -0.1) is 5.10 Å². The number of aromatic nitrogens is 2. The average Bonchev–Trinajstić information content (AvgIpc) is 2.62. The van der Waals surface area contributed by atoms with Crippen molar-refractivity contribution in [2.45, 2.75) is 39.3 Å². The molecule has 0 aliphatic heterocycles. The van der Waals surface area contributed by atoms with Gasteiger partial charge in [0.05, 0.1) is 17.2 Å². The highest BCUT2D eigenvalue weighted by molar-refractivity contribution is 7.05. The molecule has 14 heavy (non-hydrogen) atoms. The summed E-state index contributed by atoms with van der Waals surface area (Å²) in [5.74, 6) is 0.412. The number of hydrogen-bond donors (Lipinski definition) is 2. The molecule has 4 nitrogen and oxygen atoms in total. The lowest BCUT2D eigenvalue weighted by atomic mass is 10.1. The number of nitrogens with one attached hydrogen (secondary N) is 1. The molecule has 5 heteroatoms. The monoisotopic (exact) mass is 215 g/mol. The lowest BCUT2D eigenvalue weighted by Crippen LogP contribution is -2.28. The van der Waals surface area contributed by atoms with Crippen molar-refractivity contribution in [3.63, 3.8) is 0 Å². The summed E-state index contributed by atoms with van der Waals surface area (Å²) in [6, 6.07) is 0.122. The van der Waals surface area contributed by atoms with E-state index in [0.29, 0.717) is 5.92 Å². The molecule has 80 valence electrons. The minimum absolute atomic E-state index is 0.122. The van der Waals surface area contributed by atoms with E-state index in [9.17, 15) is 0 Å². The van der Waals surface area contributed by atoms with Crippen molar-refractivity contribution < 1.29 is 5.11 Å². The van der Waals surface area contributed by atoms with Gasteiger partial charge in [0.25, 0.3) is 0 Å². The zero-order valence-corrected chi connectivity index (χ0v) is 9.64. The van der Waals surface area contributed by atoms with Gasteiger partial charge in [0.15, 0.2) is 0 Å². The molecule has 1 unspecified atom stereocenters. The molecule has 0 radical (unpaired) electrons. The van der Waals surface area contributed by atoms with Crippen LogP contribution in [0, 0.1) is 0 Å². The maximum absolute atomic E-state index is 8.85. The molecule has 2 N–H and O–H groups in total. The van der Waals surface area contributed by atoms with Gasteiger partial charge in [0, 0.05) is 12.6 Å². The van der Waals surface area contributed by atoms with Crippen LogP contribution in [0.1, 0.15) is 37.3 Å². The third-order valence-electron chi connectivity index (χ3n) is 2.02. The second-order valence-corrected chi connectivity index (χ2v) is 4.54. The Morgan fingerprint density at radius 1 is 1.43 bits per heavy atom. The SMILES string of the molecule is CC(CO)NCc1snnc1C(C)C. The van der Waals surface area contributed by atoms with Crippen LogP contribution in [-0.4, -0.2) is 27.3 Å². The molecule has 0 aromatic carbocycles. The summed E-state index contributed by atoms with van der Waals surface area (Å²) in [6.07, 6.45) is 0. The predicted octanol–water partition coefficient (Wildman–Crippen LogP) is 1.13. The molecule has 1 aromatic rings. The van der Waals surface area contributed by atoms with Gasteiger partial charge in [-0.25, -0.2) is 0 Å². The van der Waals surface area contributed by atoms with Crippen LogP contribution in [-0.2, 0) is 6.54 Å². The topological polar surface area (TPSA) is 58.0 Å². The molecule has 1 aromatic heterocycles. The third-order valence-corrected chi connectivity index (χ3v) is 2.75. The van der Waals surface area contributed by atoms with Gasteiger partial charge in [0.1, 0.15) is 0 Å². The van der Waals surface area contributed by atoms with Gasteiger partial charge in [-0.05, 0) is 24.4 Å². The van der Waals surface area contributed by atoms with E-state index < -0.39 is 0 Å². The van der Waals surface area contributed by atoms with Crippen LogP contribution in [0.4, 0.5) is 0 Å². The standard InChI is InChI=1S/C9H17N3OS/c1-6(2)9-8(14-12-11-9)4-10-7(3)5-13/h6-7,10,13H,4-5H2,1-3H3. The quantitative estimate of drug-likeness (QED) is 0.773. The summed E-state index contributed by atoms with van der Waals surface area (Å²) in [6.45, 7) is 7.06. The molecule has 0 fully saturated rings. The molecule has 0 bridgehead atoms. The molecule has 0 aliphatic carbocycles. The van der Waals surface area contributed by atoms with Gasteiger partial charge >= 0.3 is 0 Å². The minimum atomic E-state index is 0.122. The van der Waals surface area contributed by atoms with Gasteiger partial charge in [-0.2, -0.15) is 0 Å². The number of rotatable bonds is 5. The van der Waals surface area contributed by atoms with E-state index in [0.717, 1.165) is 12.2 Å². The fraction of sp³-hybridized carbons (Fsp3) is 0.778. The predicted molar refractivity (Wildman–Crippen MR) is 57.4 cm³/mol. The molecule has 1 heterocycles. The Kier molecular flexibility index (Phi) is 4.44. The lowest BCUT2D eigenvalue weighted by molar-refractivity contribution is 0.251. The van der Waals surface area contributed by atoms with Crippen molar-refractivity contribution in [1.82, 2.24) is 14.9 Å². The van der Waals surface area contributed by atoms with Crippen molar-refractivity contribution in [3.8, 4) is 0 Å². The van der Waals surface area contributed by atoms with Gasteiger partial charge in [0.2, 0.25) is 0 Å². The smallest absolute Gasteiger partial charge is 0.0826 e. The van der Waals surface area contributed by atoms with E-state index >= 15 is 0 Å². The summed E-state index contributed by atoms with van der Waals surface area (Å²) in [4.78, 5) is 1.17. The van der Waals surface area contributed by atoms with E-state index in [1.165, 1.54) is 16.4 Å². The molecule has 0 spiro atoms. The highest BCUT2D eigenvalue weighted by Gasteiger charge is 2.11. The van der Waals surface area contributed by atoms with Gasteiger partial charge in [-0.1, -0.05) is 18.3 Å². The number of aliphatic hydroxyl groups is 1. The lowest BCUT2D eigenvalue weighted by Gasteiger charge is -2.10. The fourth-order valence-electron chi connectivity index (χ4n) is 1.11.